The summed E-state index contributed by atoms with van der Waals surface area (Å²) in [5, 5.41) is 4.67. The van der Waals surface area contributed by atoms with Gasteiger partial charge in [0.15, 0.2) is 0 Å². The molecule has 3 rings (SSSR count). The number of amides is 1. The van der Waals surface area contributed by atoms with E-state index in [4.69, 9.17) is 0 Å². The third-order valence-electron chi connectivity index (χ3n) is 5.12. The lowest BCUT2D eigenvalue weighted by molar-refractivity contribution is -0.132. The van der Waals surface area contributed by atoms with Gasteiger partial charge in [-0.2, -0.15) is 5.10 Å². The van der Waals surface area contributed by atoms with Crippen LogP contribution in [0.25, 0.3) is 0 Å². The molecule has 0 radical (unpaired) electrons. The van der Waals surface area contributed by atoms with Gasteiger partial charge in [0.05, 0.1) is 6.54 Å². The molecule has 1 aliphatic heterocycles. The molecule has 6 nitrogen and oxygen atoms in total. The smallest absolute Gasteiger partial charge is 0.343 e. The summed E-state index contributed by atoms with van der Waals surface area (Å²) in [5.41, 5.74) is 1.03. The van der Waals surface area contributed by atoms with E-state index in [1.54, 1.807) is 9.25 Å². The standard InChI is InChI=1S/C20H28N4O2/c1-3-8-18(25)22-13-11-17(12-14-22)19-21-24(20(26)23(19)4-2)15-16-9-6-5-7-10-16/h5-7,9-10,17H,3-4,8,11-15H2,1-2H3. The van der Waals surface area contributed by atoms with Gasteiger partial charge in [-0.1, -0.05) is 37.3 Å². The zero-order valence-corrected chi connectivity index (χ0v) is 15.7. The molecular formula is C20H28N4O2. The fraction of sp³-hybridized carbons (Fsp3) is 0.550. The third kappa shape index (κ3) is 3.89. The van der Waals surface area contributed by atoms with Gasteiger partial charge < -0.3 is 4.90 Å². The number of hydrogen-bond donors (Lipinski definition) is 0. The van der Waals surface area contributed by atoms with Crippen molar-refractivity contribution >= 4 is 5.91 Å². The Morgan fingerprint density at radius 1 is 1.15 bits per heavy atom. The van der Waals surface area contributed by atoms with Gasteiger partial charge in [-0.25, -0.2) is 9.48 Å². The van der Waals surface area contributed by atoms with Crippen molar-refractivity contribution in [2.45, 2.75) is 58.5 Å². The summed E-state index contributed by atoms with van der Waals surface area (Å²) < 4.78 is 3.36. The molecule has 0 saturated carbocycles. The normalized spacial score (nSPS) is 15.4. The molecule has 0 spiro atoms. The monoisotopic (exact) mass is 356 g/mol. The summed E-state index contributed by atoms with van der Waals surface area (Å²) in [4.78, 5) is 26.8. The lowest BCUT2D eigenvalue weighted by Crippen LogP contribution is -2.38. The van der Waals surface area contributed by atoms with Crippen LogP contribution in [-0.4, -0.2) is 38.2 Å². The maximum absolute atomic E-state index is 12.7. The maximum atomic E-state index is 12.7. The van der Waals surface area contributed by atoms with Crippen LogP contribution in [0.2, 0.25) is 0 Å². The van der Waals surface area contributed by atoms with Crippen molar-refractivity contribution in [1.82, 2.24) is 19.2 Å². The molecule has 1 aliphatic rings. The summed E-state index contributed by atoms with van der Waals surface area (Å²) in [6.45, 7) is 6.65. The van der Waals surface area contributed by atoms with E-state index in [2.05, 4.69) is 5.10 Å². The van der Waals surface area contributed by atoms with Gasteiger partial charge in [-0.05, 0) is 31.7 Å². The van der Waals surface area contributed by atoms with Crippen molar-refractivity contribution in [3.63, 3.8) is 0 Å². The van der Waals surface area contributed by atoms with Gasteiger partial charge in [-0.15, -0.1) is 0 Å². The fourth-order valence-corrected chi connectivity index (χ4v) is 3.68. The number of piperidine rings is 1. The lowest BCUT2D eigenvalue weighted by atomic mass is 9.95. The van der Waals surface area contributed by atoms with Crippen molar-refractivity contribution in [3.8, 4) is 0 Å². The number of aromatic nitrogens is 3. The van der Waals surface area contributed by atoms with E-state index in [9.17, 15) is 9.59 Å². The van der Waals surface area contributed by atoms with Crippen LogP contribution in [0.4, 0.5) is 0 Å². The van der Waals surface area contributed by atoms with E-state index in [0.717, 1.165) is 43.7 Å². The zero-order chi connectivity index (χ0) is 18.5. The van der Waals surface area contributed by atoms with Crippen LogP contribution in [0.3, 0.4) is 0 Å². The van der Waals surface area contributed by atoms with Gasteiger partial charge in [0.25, 0.3) is 0 Å². The Hall–Kier alpha value is -2.37. The van der Waals surface area contributed by atoms with Crippen LogP contribution in [0.1, 0.15) is 56.8 Å². The first-order valence-electron chi connectivity index (χ1n) is 9.63. The van der Waals surface area contributed by atoms with Gasteiger partial charge >= 0.3 is 5.69 Å². The Balaban J connectivity index is 1.75. The molecule has 6 heteroatoms. The molecule has 1 aromatic carbocycles. The number of rotatable bonds is 6. The highest BCUT2D eigenvalue weighted by Crippen LogP contribution is 2.26. The first kappa shape index (κ1) is 18.4. The quantitative estimate of drug-likeness (QED) is 0.799. The predicted molar refractivity (Wildman–Crippen MR) is 101 cm³/mol. The highest BCUT2D eigenvalue weighted by Gasteiger charge is 2.28. The van der Waals surface area contributed by atoms with Gasteiger partial charge in [0.1, 0.15) is 5.82 Å². The van der Waals surface area contributed by atoms with Crippen LogP contribution < -0.4 is 5.69 Å². The Morgan fingerprint density at radius 3 is 2.46 bits per heavy atom. The molecule has 1 fully saturated rings. The lowest BCUT2D eigenvalue weighted by Gasteiger charge is -2.31. The van der Waals surface area contributed by atoms with Crippen LogP contribution in [0, 0.1) is 0 Å². The number of benzene rings is 1. The predicted octanol–water partition coefficient (Wildman–Crippen LogP) is 2.62. The van der Waals surface area contributed by atoms with E-state index in [-0.39, 0.29) is 17.5 Å². The molecule has 1 aromatic heterocycles. The van der Waals surface area contributed by atoms with Crippen molar-refractivity contribution in [2.75, 3.05) is 13.1 Å². The Kier molecular flexibility index (Phi) is 5.91. The molecule has 2 aromatic rings. The summed E-state index contributed by atoms with van der Waals surface area (Å²) >= 11 is 0. The molecule has 2 heterocycles. The average molecular weight is 356 g/mol. The summed E-state index contributed by atoms with van der Waals surface area (Å²) in [7, 11) is 0. The minimum atomic E-state index is -0.0455. The van der Waals surface area contributed by atoms with Crippen molar-refractivity contribution < 1.29 is 4.79 Å². The van der Waals surface area contributed by atoms with E-state index in [1.165, 1.54) is 0 Å². The molecule has 0 N–H and O–H groups in total. The SMILES string of the molecule is CCCC(=O)N1CCC(c2nn(Cc3ccccc3)c(=O)n2CC)CC1. The minimum Gasteiger partial charge on any atom is -0.343 e. The van der Waals surface area contributed by atoms with E-state index >= 15 is 0 Å². The zero-order valence-electron chi connectivity index (χ0n) is 15.7. The van der Waals surface area contributed by atoms with Gasteiger partial charge in [0, 0.05) is 32.0 Å². The van der Waals surface area contributed by atoms with Crippen molar-refractivity contribution in [1.29, 1.82) is 0 Å². The second-order valence-electron chi connectivity index (χ2n) is 6.93. The maximum Gasteiger partial charge on any atom is 0.346 e. The Morgan fingerprint density at radius 2 is 1.85 bits per heavy atom. The molecular weight excluding hydrogens is 328 g/mol. The molecule has 26 heavy (non-hydrogen) atoms. The van der Waals surface area contributed by atoms with Crippen molar-refractivity contribution in [2.24, 2.45) is 0 Å². The molecule has 0 atom stereocenters. The van der Waals surface area contributed by atoms with Crippen LogP contribution in [0.5, 0.6) is 0 Å². The van der Waals surface area contributed by atoms with Gasteiger partial charge in [0.2, 0.25) is 5.91 Å². The van der Waals surface area contributed by atoms with E-state index in [0.29, 0.717) is 19.5 Å². The molecule has 1 saturated heterocycles. The topological polar surface area (TPSA) is 60.1 Å². The number of likely N-dealkylation sites (tertiary alicyclic amines) is 1. The van der Waals surface area contributed by atoms with Crippen LogP contribution in [0.15, 0.2) is 35.1 Å². The Bertz CT molecular complexity index is 786. The fourth-order valence-electron chi connectivity index (χ4n) is 3.68. The summed E-state index contributed by atoms with van der Waals surface area (Å²) in [6.07, 6.45) is 3.25. The highest BCUT2D eigenvalue weighted by atomic mass is 16.2. The first-order valence-corrected chi connectivity index (χ1v) is 9.63. The number of carbonyl (C=O) groups is 1. The van der Waals surface area contributed by atoms with E-state index < -0.39 is 0 Å². The average Bonchev–Trinajstić information content (AvgIpc) is 2.98. The van der Waals surface area contributed by atoms with Crippen LogP contribution in [-0.2, 0) is 17.9 Å². The largest absolute Gasteiger partial charge is 0.346 e. The minimum absolute atomic E-state index is 0.0455. The Labute approximate surface area is 154 Å². The number of hydrogen-bond acceptors (Lipinski definition) is 3. The molecule has 0 unspecified atom stereocenters. The molecule has 0 aliphatic carbocycles. The summed E-state index contributed by atoms with van der Waals surface area (Å²) in [6, 6.07) is 9.93. The van der Waals surface area contributed by atoms with Crippen LogP contribution >= 0.6 is 0 Å². The molecule has 0 bridgehead atoms. The number of nitrogens with zero attached hydrogens (tertiary/aromatic N) is 4. The van der Waals surface area contributed by atoms with E-state index in [1.807, 2.05) is 49.1 Å². The third-order valence-corrected chi connectivity index (χ3v) is 5.12. The van der Waals surface area contributed by atoms with Crippen molar-refractivity contribution in [3.05, 3.63) is 52.2 Å². The molecule has 140 valence electrons. The number of carbonyl (C=O) groups excluding carboxylic acids is 1. The summed E-state index contributed by atoms with van der Waals surface area (Å²) in [5.74, 6) is 1.36. The van der Waals surface area contributed by atoms with Gasteiger partial charge in [-0.3, -0.25) is 9.36 Å². The second kappa shape index (κ2) is 8.34. The second-order valence-corrected chi connectivity index (χ2v) is 6.93. The highest BCUT2D eigenvalue weighted by molar-refractivity contribution is 5.76. The first-order chi connectivity index (χ1) is 12.6. The molecule has 1 amide bonds.